The van der Waals surface area contributed by atoms with E-state index >= 15 is 0 Å². The smallest absolute Gasteiger partial charge is 0.306 e. The first-order valence-electron chi connectivity index (χ1n) is 8.92. The molecule has 0 amide bonds. The van der Waals surface area contributed by atoms with Gasteiger partial charge in [-0.2, -0.15) is 0 Å². The van der Waals surface area contributed by atoms with Gasteiger partial charge in [-0.05, 0) is 48.9 Å². The van der Waals surface area contributed by atoms with E-state index in [9.17, 15) is 4.79 Å². The Morgan fingerprint density at radius 1 is 1.00 bits per heavy atom. The zero-order valence-electron chi connectivity index (χ0n) is 14.4. The van der Waals surface area contributed by atoms with Crippen molar-refractivity contribution < 1.29 is 14.6 Å². The largest absolute Gasteiger partial charge is 0.489 e. The van der Waals surface area contributed by atoms with Crippen molar-refractivity contribution in [2.75, 3.05) is 0 Å². The molecule has 132 valence electrons. The van der Waals surface area contributed by atoms with E-state index in [1.165, 1.54) is 5.56 Å². The number of hydrogen-bond acceptors (Lipinski definition) is 3. The summed E-state index contributed by atoms with van der Waals surface area (Å²) in [7, 11) is 0. The molecular weight excluding hydrogens is 314 g/mol. The number of carboxylic acid groups (broad SMARTS) is 1. The molecule has 2 aromatic carbocycles. The van der Waals surface area contributed by atoms with Crippen LogP contribution in [0.15, 0.2) is 54.6 Å². The molecule has 0 aromatic heterocycles. The van der Waals surface area contributed by atoms with E-state index in [4.69, 9.17) is 9.84 Å². The number of carboxylic acids is 1. The summed E-state index contributed by atoms with van der Waals surface area (Å²) in [5.74, 6) is 0.0716. The van der Waals surface area contributed by atoms with Crippen LogP contribution in [0.2, 0.25) is 0 Å². The molecule has 2 N–H and O–H groups in total. The number of hydrogen-bond donors (Lipinski definition) is 2. The summed E-state index contributed by atoms with van der Waals surface area (Å²) >= 11 is 0. The summed E-state index contributed by atoms with van der Waals surface area (Å²) in [6, 6.07) is 18.7. The molecule has 3 rings (SSSR count). The van der Waals surface area contributed by atoms with Gasteiger partial charge in [0.15, 0.2) is 0 Å². The van der Waals surface area contributed by atoms with E-state index in [-0.39, 0.29) is 5.92 Å². The zero-order valence-corrected chi connectivity index (χ0v) is 14.4. The minimum Gasteiger partial charge on any atom is -0.489 e. The Bertz CT molecular complexity index is 679. The number of ether oxygens (including phenoxy) is 1. The van der Waals surface area contributed by atoms with E-state index in [1.54, 1.807) is 0 Å². The van der Waals surface area contributed by atoms with Crippen LogP contribution < -0.4 is 10.1 Å². The van der Waals surface area contributed by atoms with Gasteiger partial charge in [-0.25, -0.2) is 0 Å². The van der Waals surface area contributed by atoms with Crippen molar-refractivity contribution in [2.45, 2.75) is 44.9 Å². The predicted octanol–water partition coefficient (Wildman–Crippen LogP) is 4.00. The lowest BCUT2D eigenvalue weighted by molar-refractivity contribution is -0.142. The lowest BCUT2D eigenvalue weighted by Gasteiger charge is -2.27. The lowest BCUT2D eigenvalue weighted by Crippen LogP contribution is -2.34. The maximum atomic E-state index is 11.0. The highest BCUT2D eigenvalue weighted by Gasteiger charge is 2.25. The second-order valence-electron chi connectivity index (χ2n) is 6.69. The van der Waals surface area contributed by atoms with Gasteiger partial charge in [-0.1, -0.05) is 42.5 Å². The second-order valence-corrected chi connectivity index (χ2v) is 6.69. The molecule has 0 heterocycles. The topological polar surface area (TPSA) is 58.6 Å². The fraction of sp³-hybridized carbons (Fsp3) is 0.381. The number of benzene rings is 2. The van der Waals surface area contributed by atoms with Crippen LogP contribution in [-0.2, 0) is 17.9 Å². The molecule has 0 saturated heterocycles. The molecule has 4 nitrogen and oxygen atoms in total. The fourth-order valence-electron chi connectivity index (χ4n) is 3.32. The summed E-state index contributed by atoms with van der Waals surface area (Å²) in [6.45, 7) is 1.36. The third kappa shape index (κ3) is 5.33. The molecule has 4 heteroatoms. The van der Waals surface area contributed by atoms with E-state index in [0.717, 1.165) is 43.5 Å². The highest BCUT2D eigenvalue weighted by atomic mass is 16.5. The average Bonchev–Trinajstić information content (AvgIpc) is 2.66. The minimum atomic E-state index is -0.649. The Labute approximate surface area is 148 Å². The van der Waals surface area contributed by atoms with Crippen LogP contribution in [0.25, 0.3) is 0 Å². The quantitative estimate of drug-likeness (QED) is 0.800. The van der Waals surface area contributed by atoms with E-state index in [2.05, 4.69) is 29.6 Å². The van der Waals surface area contributed by atoms with E-state index < -0.39 is 5.97 Å². The van der Waals surface area contributed by atoms with Gasteiger partial charge < -0.3 is 15.2 Å². The first-order chi connectivity index (χ1) is 12.2. The van der Waals surface area contributed by atoms with Crippen LogP contribution in [0.5, 0.6) is 5.75 Å². The normalized spacial score (nSPS) is 20.2. The van der Waals surface area contributed by atoms with Crippen LogP contribution in [0, 0.1) is 5.92 Å². The molecule has 0 radical (unpaired) electrons. The highest BCUT2D eigenvalue weighted by molar-refractivity contribution is 5.70. The SMILES string of the molecule is O=C(O)C1CCC(NCc2cccc(COc3ccccc3)c2)CC1. The van der Waals surface area contributed by atoms with Crippen LogP contribution >= 0.6 is 0 Å². The first-order valence-corrected chi connectivity index (χ1v) is 8.92. The summed E-state index contributed by atoms with van der Waals surface area (Å²) in [6.07, 6.45) is 3.43. The van der Waals surface area contributed by atoms with Gasteiger partial charge in [-0.15, -0.1) is 0 Å². The lowest BCUT2D eigenvalue weighted by atomic mass is 9.86. The minimum absolute atomic E-state index is 0.156. The number of carbonyl (C=O) groups is 1. The molecule has 1 fully saturated rings. The zero-order chi connectivity index (χ0) is 17.5. The molecule has 0 aliphatic heterocycles. The summed E-state index contributed by atoms with van der Waals surface area (Å²) in [4.78, 5) is 11.0. The molecule has 25 heavy (non-hydrogen) atoms. The van der Waals surface area contributed by atoms with Crippen molar-refractivity contribution in [3.63, 3.8) is 0 Å². The van der Waals surface area contributed by atoms with Gasteiger partial charge in [0, 0.05) is 12.6 Å². The highest BCUT2D eigenvalue weighted by Crippen LogP contribution is 2.24. The molecule has 0 unspecified atom stereocenters. The summed E-state index contributed by atoms with van der Waals surface area (Å²) in [5.41, 5.74) is 2.38. The average molecular weight is 339 g/mol. The maximum absolute atomic E-state index is 11.0. The van der Waals surface area contributed by atoms with Crippen molar-refractivity contribution in [2.24, 2.45) is 5.92 Å². The standard InChI is InChI=1S/C21H25NO3/c23-21(24)18-9-11-19(12-10-18)22-14-16-5-4-6-17(13-16)15-25-20-7-2-1-3-8-20/h1-8,13,18-19,22H,9-12,14-15H2,(H,23,24). The van der Waals surface area contributed by atoms with Crippen molar-refractivity contribution in [3.05, 3.63) is 65.7 Å². The van der Waals surface area contributed by atoms with Crippen molar-refractivity contribution in [1.29, 1.82) is 0 Å². The molecule has 0 spiro atoms. The van der Waals surface area contributed by atoms with Crippen molar-refractivity contribution in [1.82, 2.24) is 5.32 Å². The molecule has 0 atom stereocenters. The number of para-hydroxylation sites is 1. The Hall–Kier alpha value is -2.33. The van der Waals surface area contributed by atoms with Gasteiger partial charge >= 0.3 is 5.97 Å². The molecule has 0 bridgehead atoms. The molecule has 1 aliphatic rings. The van der Waals surface area contributed by atoms with Gasteiger partial charge in [0.1, 0.15) is 12.4 Å². The van der Waals surface area contributed by atoms with Crippen molar-refractivity contribution in [3.8, 4) is 5.75 Å². The monoisotopic (exact) mass is 339 g/mol. The van der Waals surface area contributed by atoms with Gasteiger partial charge in [-0.3, -0.25) is 4.79 Å². The van der Waals surface area contributed by atoms with E-state index in [1.807, 2.05) is 30.3 Å². The van der Waals surface area contributed by atoms with E-state index in [0.29, 0.717) is 12.6 Å². The second kappa shape index (κ2) is 8.67. The Balaban J connectivity index is 1.46. The Morgan fingerprint density at radius 3 is 2.44 bits per heavy atom. The Morgan fingerprint density at radius 2 is 1.72 bits per heavy atom. The third-order valence-corrected chi connectivity index (χ3v) is 4.81. The van der Waals surface area contributed by atoms with Crippen LogP contribution in [0.4, 0.5) is 0 Å². The molecular formula is C21H25NO3. The molecule has 2 aromatic rings. The maximum Gasteiger partial charge on any atom is 0.306 e. The van der Waals surface area contributed by atoms with Gasteiger partial charge in [0.05, 0.1) is 5.92 Å². The van der Waals surface area contributed by atoms with Crippen molar-refractivity contribution >= 4 is 5.97 Å². The fourth-order valence-corrected chi connectivity index (χ4v) is 3.32. The Kier molecular flexibility index (Phi) is 6.07. The molecule has 1 saturated carbocycles. The summed E-state index contributed by atoms with van der Waals surface area (Å²) < 4.78 is 5.80. The first kappa shape index (κ1) is 17.5. The van der Waals surface area contributed by atoms with Crippen LogP contribution in [0.3, 0.4) is 0 Å². The van der Waals surface area contributed by atoms with Gasteiger partial charge in [0.2, 0.25) is 0 Å². The third-order valence-electron chi connectivity index (χ3n) is 4.81. The number of aliphatic carboxylic acids is 1. The summed E-state index contributed by atoms with van der Waals surface area (Å²) in [5, 5.41) is 12.6. The number of rotatable bonds is 7. The number of nitrogens with one attached hydrogen (secondary N) is 1. The van der Waals surface area contributed by atoms with Crippen LogP contribution in [0.1, 0.15) is 36.8 Å². The molecule has 1 aliphatic carbocycles. The van der Waals surface area contributed by atoms with Gasteiger partial charge in [0.25, 0.3) is 0 Å². The van der Waals surface area contributed by atoms with Crippen LogP contribution in [-0.4, -0.2) is 17.1 Å². The predicted molar refractivity (Wildman–Crippen MR) is 97.4 cm³/mol.